The number of ether oxygens (including phenoxy) is 1. The van der Waals surface area contributed by atoms with Gasteiger partial charge in [-0.1, -0.05) is 0 Å². The van der Waals surface area contributed by atoms with Crippen LogP contribution in [0, 0.1) is 0 Å². The monoisotopic (exact) mass is 414 g/mol. The topological polar surface area (TPSA) is 108 Å². The number of benzene rings is 1. The largest absolute Gasteiger partial charge is 0.504 e. The second kappa shape index (κ2) is 7.16. The van der Waals surface area contributed by atoms with E-state index in [1.165, 1.54) is 6.33 Å². The molecule has 29 heavy (non-hydrogen) atoms. The summed E-state index contributed by atoms with van der Waals surface area (Å²) in [5, 5.41) is 19.8. The van der Waals surface area contributed by atoms with Crippen LogP contribution in [0.1, 0.15) is 11.1 Å². The maximum Gasteiger partial charge on any atom is 0.225 e. The number of nitrogens with zero attached hydrogens (tertiary/aromatic N) is 6. The summed E-state index contributed by atoms with van der Waals surface area (Å²) in [6.45, 7) is 3.89. The number of phenolic OH excluding ortho intramolecular Hbond substituents is 2. The predicted molar refractivity (Wildman–Crippen MR) is 108 cm³/mol. The summed E-state index contributed by atoms with van der Waals surface area (Å²) in [4.78, 5) is 22.0. The Hall–Kier alpha value is -2.91. The molecule has 2 aliphatic heterocycles. The lowest BCUT2D eigenvalue weighted by molar-refractivity contribution is 0.122. The second-order valence-electron chi connectivity index (χ2n) is 7.09. The summed E-state index contributed by atoms with van der Waals surface area (Å²) >= 11 is 6.26. The first-order chi connectivity index (χ1) is 14.1. The number of morpholine rings is 1. The molecule has 150 valence electrons. The highest BCUT2D eigenvalue weighted by Gasteiger charge is 2.25. The van der Waals surface area contributed by atoms with Crippen LogP contribution in [-0.2, 0) is 17.7 Å². The molecule has 0 radical (unpaired) electrons. The number of aromatic nitrogens is 4. The zero-order valence-electron chi connectivity index (χ0n) is 15.5. The van der Waals surface area contributed by atoms with Gasteiger partial charge in [0.15, 0.2) is 23.1 Å². The Bertz CT molecular complexity index is 1090. The van der Waals surface area contributed by atoms with Gasteiger partial charge < -0.3 is 24.7 Å². The maximum absolute atomic E-state index is 9.87. The molecule has 0 atom stereocenters. The maximum atomic E-state index is 9.87. The highest BCUT2D eigenvalue weighted by molar-refractivity contribution is 6.29. The summed E-state index contributed by atoms with van der Waals surface area (Å²) in [5.41, 5.74) is 3.20. The Kier molecular flexibility index (Phi) is 4.48. The SMILES string of the molecule is Oc1cc2c(cc1O)CN(c1ncnc3c(N4CCOCC4)nc(Cl)nc13)CC2. The van der Waals surface area contributed by atoms with E-state index in [9.17, 15) is 10.2 Å². The van der Waals surface area contributed by atoms with E-state index in [1.54, 1.807) is 12.1 Å². The average molecular weight is 415 g/mol. The van der Waals surface area contributed by atoms with Gasteiger partial charge in [-0.15, -0.1) is 0 Å². The summed E-state index contributed by atoms with van der Waals surface area (Å²) in [6, 6.07) is 3.22. The summed E-state index contributed by atoms with van der Waals surface area (Å²) in [5.74, 6) is 1.14. The molecule has 0 amide bonds. The lowest BCUT2D eigenvalue weighted by Crippen LogP contribution is -2.37. The van der Waals surface area contributed by atoms with Gasteiger partial charge in [-0.25, -0.2) is 15.0 Å². The molecule has 1 fully saturated rings. The van der Waals surface area contributed by atoms with Crippen molar-refractivity contribution in [3.8, 4) is 11.5 Å². The van der Waals surface area contributed by atoms with E-state index < -0.39 is 0 Å². The van der Waals surface area contributed by atoms with Crippen LogP contribution in [0.2, 0.25) is 5.28 Å². The van der Waals surface area contributed by atoms with Crippen LogP contribution in [0.5, 0.6) is 11.5 Å². The van der Waals surface area contributed by atoms with E-state index in [-0.39, 0.29) is 16.8 Å². The van der Waals surface area contributed by atoms with Gasteiger partial charge in [0, 0.05) is 26.2 Å². The molecule has 2 aromatic heterocycles. The van der Waals surface area contributed by atoms with E-state index in [2.05, 4.69) is 29.7 Å². The van der Waals surface area contributed by atoms with Crippen molar-refractivity contribution in [1.82, 2.24) is 19.9 Å². The van der Waals surface area contributed by atoms with Crippen LogP contribution >= 0.6 is 11.6 Å². The molecule has 2 N–H and O–H groups in total. The predicted octanol–water partition coefficient (Wildman–Crippen LogP) is 1.88. The van der Waals surface area contributed by atoms with Gasteiger partial charge >= 0.3 is 0 Å². The van der Waals surface area contributed by atoms with Crippen LogP contribution in [0.25, 0.3) is 11.0 Å². The minimum atomic E-state index is -0.127. The molecule has 4 heterocycles. The van der Waals surface area contributed by atoms with Crippen molar-refractivity contribution in [2.75, 3.05) is 42.6 Å². The number of rotatable bonds is 2. The molecular weight excluding hydrogens is 396 g/mol. The molecule has 10 heteroatoms. The van der Waals surface area contributed by atoms with E-state index in [1.807, 2.05) is 0 Å². The van der Waals surface area contributed by atoms with Gasteiger partial charge in [-0.05, 0) is 41.3 Å². The molecule has 0 aliphatic carbocycles. The first-order valence-corrected chi connectivity index (χ1v) is 9.77. The van der Waals surface area contributed by atoms with Crippen molar-refractivity contribution < 1.29 is 14.9 Å². The smallest absolute Gasteiger partial charge is 0.225 e. The third-order valence-corrected chi connectivity index (χ3v) is 5.51. The molecule has 2 aliphatic rings. The lowest BCUT2D eigenvalue weighted by Gasteiger charge is -2.31. The van der Waals surface area contributed by atoms with Gasteiger partial charge in [0.1, 0.15) is 17.4 Å². The lowest BCUT2D eigenvalue weighted by atomic mass is 9.99. The number of halogens is 1. The zero-order valence-corrected chi connectivity index (χ0v) is 16.3. The molecule has 1 aromatic carbocycles. The van der Waals surface area contributed by atoms with E-state index in [0.29, 0.717) is 68.5 Å². The first kappa shape index (κ1) is 18.1. The molecule has 0 saturated carbocycles. The second-order valence-corrected chi connectivity index (χ2v) is 7.43. The van der Waals surface area contributed by atoms with Gasteiger partial charge in [-0.3, -0.25) is 0 Å². The Morgan fingerprint density at radius 3 is 2.41 bits per heavy atom. The fraction of sp³-hybridized carbons (Fsp3) is 0.368. The third kappa shape index (κ3) is 3.26. The number of hydrogen-bond acceptors (Lipinski definition) is 9. The summed E-state index contributed by atoms with van der Waals surface area (Å²) in [7, 11) is 0. The Balaban J connectivity index is 1.57. The van der Waals surface area contributed by atoms with Gasteiger partial charge in [0.2, 0.25) is 5.28 Å². The molecular formula is C19H19ClN6O3. The molecule has 0 spiro atoms. The highest BCUT2D eigenvalue weighted by atomic mass is 35.5. The Morgan fingerprint density at radius 1 is 0.862 bits per heavy atom. The molecule has 5 rings (SSSR count). The van der Waals surface area contributed by atoms with Crippen molar-refractivity contribution in [2.45, 2.75) is 13.0 Å². The Morgan fingerprint density at radius 2 is 1.62 bits per heavy atom. The van der Waals surface area contributed by atoms with E-state index >= 15 is 0 Å². The number of hydrogen-bond donors (Lipinski definition) is 2. The molecule has 9 nitrogen and oxygen atoms in total. The van der Waals surface area contributed by atoms with Crippen LogP contribution in [0.3, 0.4) is 0 Å². The van der Waals surface area contributed by atoms with Gasteiger partial charge in [-0.2, -0.15) is 4.98 Å². The summed E-state index contributed by atoms with van der Waals surface area (Å²) in [6.07, 6.45) is 2.23. The Labute approximate surface area is 171 Å². The summed E-state index contributed by atoms with van der Waals surface area (Å²) < 4.78 is 5.44. The fourth-order valence-electron chi connectivity index (χ4n) is 3.88. The van der Waals surface area contributed by atoms with Crippen molar-refractivity contribution >= 4 is 34.3 Å². The average Bonchev–Trinajstić information content (AvgIpc) is 2.74. The van der Waals surface area contributed by atoms with Crippen LogP contribution in [0.15, 0.2) is 18.5 Å². The number of aromatic hydroxyl groups is 2. The van der Waals surface area contributed by atoms with Crippen molar-refractivity contribution in [2.24, 2.45) is 0 Å². The number of anilines is 2. The van der Waals surface area contributed by atoms with Crippen molar-refractivity contribution in [1.29, 1.82) is 0 Å². The van der Waals surface area contributed by atoms with Gasteiger partial charge in [0.25, 0.3) is 0 Å². The zero-order chi connectivity index (χ0) is 20.0. The number of phenols is 2. The third-order valence-electron chi connectivity index (χ3n) is 5.34. The first-order valence-electron chi connectivity index (χ1n) is 9.40. The molecule has 0 unspecified atom stereocenters. The van der Waals surface area contributed by atoms with Gasteiger partial charge in [0.05, 0.1) is 13.2 Å². The number of fused-ring (bicyclic) bond motifs is 2. The van der Waals surface area contributed by atoms with E-state index in [0.717, 1.165) is 11.1 Å². The molecule has 0 bridgehead atoms. The minimum Gasteiger partial charge on any atom is -0.504 e. The van der Waals surface area contributed by atoms with Crippen LogP contribution in [0.4, 0.5) is 11.6 Å². The minimum absolute atomic E-state index is 0.0978. The van der Waals surface area contributed by atoms with Crippen molar-refractivity contribution in [3.05, 3.63) is 34.9 Å². The fourth-order valence-corrected chi connectivity index (χ4v) is 4.05. The van der Waals surface area contributed by atoms with Crippen molar-refractivity contribution in [3.63, 3.8) is 0 Å². The highest BCUT2D eigenvalue weighted by Crippen LogP contribution is 2.35. The van der Waals surface area contributed by atoms with Crippen LogP contribution in [-0.4, -0.2) is 63.0 Å². The normalized spacial score (nSPS) is 16.9. The standard InChI is InChI=1S/C19H19ClN6O3/c20-19-23-16-15(18(24-19)25-3-5-29-6-4-25)21-10-22-17(16)26-2-1-11-7-13(27)14(28)8-12(11)9-26/h7-8,10,27-28H,1-6,9H2. The van der Waals surface area contributed by atoms with Crippen LogP contribution < -0.4 is 9.80 Å². The molecule has 3 aromatic rings. The molecule has 1 saturated heterocycles. The van der Waals surface area contributed by atoms with E-state index in [4.69, 9.17) is 16.3 Å². The quantitative estimate of drug-likeness (QED) is 0.480.